The van der Waals surface area contributed by atoms with E-state index in [9.17, 15) is 14.0 Å². The molecule has 2 heterocycles. The van der Waals surface area contributed by atoms with E-state index in [2.05, 4.69) is 15.1 Å². The Morgan fingerprint density at radius 3 is 2.41 bits per heavy atom. The number of anilines is 2. The predicted molar refractivity (Wildman–Crippen MR) is 135 cm³/mol. The topological polar surface area (TPSA) is 61.9 Å². The molecule has 6 nitrogen and oxygen atoms in total. The van der Waals surface area contributed by atoms with Crippen molar-refractivity contribution in [2.75, 3.05) is 50.1 Å². The molecule has 2 aromatic carbocycles. The number of piperazine rings is 1. The van der Waals surface area contributed by atoms with Gasteiger partial charge in [0.1, 0.15) is 16.4 Å². The van der Waals surface area contributed by atoms with E-state index in [-0.39, 0.29) is 23.8 Å². The summed E-state index contributed by atoms with van der Waals surface area (Å²) in [4.78, 5) is 29.5. The molecule has 1 amide bonds. The van der Waals surface area contributed by atoms with Crippen molar-refractivity contribution in [1.29, 1.82) is 0 Å². The molecule has 0 saturated carbocycles. The van der Waals surface area contributed by atoms with Crippen LogP contribution in [0.2, 0.25) is 10.0 Å². The molecule has 1 N–H and O–H groups in total. The molecule has 1 fully saturated rings. The van der Waals surface area contributed by atoms with Crippen molar-refractivity contribution in [2.45, 2.75) is 0 Å². The Morgan fingerprint density at radius 2 is 1.76 bits per heavy atom. The molecule has 178 valence electrons. The van der Waals surface area contributed by atoms with Gasteiger partial charge >= 0.3 is 5.97 Å². The van der Waals surface area contributed by atoms with Gasteiger partial charge in [-0.1, -0.05) is 35.3 Å². The fraction of sp³-hybridized carbons (Fsp3) is 0.250. The minimum Gasteiger partial charge on any atom is -0.465 e. The normalized spacial score (nSPS) is 14.2. The van der Waals surface area contributed by atoms with Crippen LogP contribution in [0.3, 0.4) is 0 Å². The Balaban J connectivity index is 1.40. The number of rotatable bonds is 6. The van der Waals surface area contributed by atoms with Gasteiger partial charge in [0.05, 0.1) is 23.7 Å². The van der Waals surface area contributed by atoms with E-state index >= 15 is 0 Å². The molecule has 1 aliphatic heterocycles. The van der Waals surface area contributed by atoms with Crippen LogP contribution in [-0.2, 0) is 9.53 Å². The smallest absolute Gasteiger partial charge is 0.341 e. The lowest BCUT2D eigenvalue weighted by Gasteiger charge is -2.35. The van der Waals surface area contributed by atoms with Crippen molar-refractivity contribution in [3.63, 3.8) is 0 Å². The first kappa shape index (κ1) is 24.5. The minimum absolute atomic E-state index is 0.194. The standard InChI is InChI=1S/C24H22Cl2FN3O3S/c1-33-24(32)22-18(15-2-4-16(27)5-3-15)14-34-23(22)28-21(31)13-29-8-10-30(11-9-29)17-6-7-19(25)20(26)12-17/h2-7,12,14H,8-11,13H2,1H3,(H,28,31). The Bertz CT molecular complexity index is 1190. The lowest BCUT2D eigenvalue weighted by atomic mass is 10.0. The number of thiophene rings is 1. The second kappa shape index (κ2) is 10.7. The van der Waals surface area contributed by atoms with Gasteiger partial charge in [-0.25, -0.2) is 9.18 Å². The van der Waals surface area contributed by atoms with Gasteiger partial charge in [-0.05, 0) is 35.9 Å². The third kappa shape index (κ3) is 5.52. The molecule has 3 aromatic rings. The number of halogens is 3. The summed E-state index contributed by atoms with van der Waals surface area (Å²) in [5, 5.41) is 6.04. The third-order valence-electron chi connectivity index (χ3n) is 5.60. The van der Waals surface area contributed by atoms with E-state index in [0.717, 1.165) is 18.8 Å². The molecule has 0 atom stereocenters. The molecule has 0 unspecified atom stereocenters. The molecule has 1 aromatic heterocycles. The number of hydrogen-bond donors (Lipinski definition) is 1. The number of esters is 1. The lowest BCUT2D eigenvalue weighted by Crippen LogP contribution is -2.48. The molecule has 10 heteroatoms. The Hall–Kier alpha value is -2.65. The number of ether oxygens (including phenoxy) is 1. The average Bonchev–Trinajstić information content (AvgIpc) is 3.24. The highest BCUT2D eigenvalue weighted by Crippen LogP contribution is 2.36. The maximum absolute atomic E-state index is 13.3. The number of benzene rings is 2. The maximum atomic E-state index is 13.3. The summed E-state index contributed by atoms with van der Waals surface area (Å²) < 4.78 is 18.2. The summed E-state index contributed by atoms with van der Waals surface area (Å²) in [7, 11) is 1.29. The van der Waals surface area contributed by atoms with E-state index in [1.807, 2.05) is 12.1 Å². The van der Waals surface area contributed by atoms with Crippen molar-refractivity contribution >= 4 is 57.1 Å². The second-order valence-electron chi connectivity index (χ2n) is 7.76. The highest BCUT2D eigenvalue weighted by molar-refractivity contribution is 7.15. The number of carbonyl (C=O) groups is 2. The summed E-state index contributed by atoms with van der Waals surface area (Å²) in [6.45, 7) is 3.07. The highest BCUT2D eigenvalue weighted by atomic mass is 35.5. The third-order valence-corrected chi connectivity index (χ3v) is 7.23. The second-order valence-corrected chi connectivity index (χ2v) is 9.46. The number of amides is 1. The quantitative estimate of drug-likeness (QED) is 0.439. The van der Waals surface area contributed by atoms with Gasteiger partial charge in [-0.2, -0.15) is 0 Å². The van der Waals surface area contributed by atoms with Crippen LogP contribution in [0.15, 0.2) is 47.8 Å². The number of hydrogen-bond acceptors (Lipinski definition) is 6. The van der Waals surface area contributed by atoms with E-state index in [0.29, 0.717) is 39.3 Å². The number of nitrogens with zero attached hydrogens (tertiary/aromatic N) is 2. The molecule has 34 heavy (non-hydrogen) atoms. The van der Waals surface area contributed by atoms with Crippen LogP contribution in [-0.4, -0.2) is 56.6 Å². The van der Waals surface area contributed by atoms with Crippen molar-refractivity contribution in [2.24, 2.45) is 0 Å². The van der Waals surface area contributed by atoms with E-state index < -0.39 is 5.97 Å². The van der Waals surface area contributed by atoms with Gasteiger partial charge in [0.2, 0.25) is 5.91 Å². The molecule has 0 radical (unpaired) electrons. The Morgan fingerprint density at radius 1 is 1.06 bits per heavy atom. The first-order valence-corrected chi connectivity index (χ1v) is 12.2. The zero-order valence-electron chi connectivity index (χ0n) is 18.3. The van der Waals surface area contributed by atoms with E-state index in [1.165, 1.54) is 30.6 Å². The average molecular weight is 522 g/mol. The van der Waals surface area contributed by atoms with E-state index in [4.69, 9.17) is 27.9 Å². The monoisotopic (exact) mass is 521 g/mol. The largest absolute Gasteiger partial charge is 0.465 e. The van der Waals surface area contributed by atoms with Gasteiger partial charge in [0.25, 0.3) is 0 Å². The molecule has 0 bridgehead atoms. The molecule has 1 aliphatic rings. The summed E-state index contributed by atoms with van der Waals surface area (Å²) >= 11 is 13.4. The van der Waals surface area contributed by atoms with Crippen LogP contribution in [0, 0.1) is 5.82 Å². The van der Waals surface area contributed by atoms with Crippen molar-refractivity contribution in [1.82, 2.24) is 4.90 Å². The number of methoxy groups -OCH3 is 1. The van der Waals surface area contributed by atoms with Crippen molar-refractivity contribution in [3.8, 4) is 11.1 Å². The van der Waals surface area contributed by atoms with Crippen LogP contribution in [0.25, 0.3) is 11.1 Å². The van der Waals surface area contributed by atoms with Crippen molar-refractivity contribution < 1.29 is 18.7 Å². The van der Waals surface area contributed by atoms with E-state index in [1.54, 1.807) is 23.6 Å². The number of carbonyl (C=O) groups excluding carboxylic acids is 2. The van der Waals surface area contributed by atoms with Crippen LogP contribution >= 0.6 is 34.5 Å². The highest BCUT2D eigenvalue weighted by Gasteiger charge is 2.24. The van der Waals surface area contributed by atoms with Crippen LogP contribution in [0.5, 0.6) is 0 Å². The Labute approximate surface area is 210 Å². The van der Waals surface area contributed by atoms with Gasteiger partial charge in [0, 0.05) is 42.8 Å². The SMILES string of the molecule is COC(=O)c1c(-c2ccc(F)cc2)csc1NC(=O)CN1CCN(c2ccc(Cl)c(Cl)c2)CC1. The van der Waals surface area contributed by atoms with Crippen molar-refractivity contribution in [3.05, 3.63) is 69.3 Å². The fourth-order valence-corrected chi connectivity index (χ4v) is 5.08. The number of nitrogens with one attached hydrogen (secondary N) is 1. The summed E-state index contributed by atoms with van der Waals surface area (Å²) in [6.07, 6.45) is 0. The first-order valence-electron chi connectivity index (χ1n) is 10.5. The van der Waals surface area contributed by atoms with Crippen LogP contribution in [0.4, 0.5) is 15.1 Å². The predicted octanol–water partition coefficient (Wildman–Crippen LogP) is 5.41. The zero-order chi connectivity index (χ0) is 24.2. The molecule has 0 aliphatic carbocycles. The molecule has 4 rings (SSSR count). The first-order chi connectivity index (χ1) is 16.4. The fourth-order valence-electron chi connectivity index (χ4n) is 3.81. The van der Waals surface area contributed by atoms with Crippen LogP contribution in [0.1, 0.15) is 10.4 Å². The molecule has 1 saturated heterocycles. The molecular formula is C24H22Cl2FN3O3S. The summed E-state index contributed by atoms with van der Waals surface area (Å²) in [6, 6.07) is 11.4. The van der Waals surface area contributed by atoms with Gasteiger partial charge in [0.15, 0.2) is 0 Å². The maximum Gasteiger partial charge on any atom is 0.341 e. The Kier molecular flexibility index (Phi) is 7.73. The lowest BCUT2D eigenvalue weighted by molar-refractivity contribution is -0.117. The van der Waals surface area contributed by atoms with Gasteiger partial charge in [-0.15, -0.1) is 11.3 Å². The minimum atomic E-state index is -0.564. The zero-order valence-corrected chi connectivity index (χ0v) is 20.6. The molecule has 0 spiro atoms. The molecular weight excluding hydrogens is 500 g/mol. The van der Waals surface area contributed by atoms with Gasteiger partial charge in [-0.3, -0.25) is 9.69 Å². The van der Waals surface area contributed by atoms with Gasteiger partial charge < -0.3 is 15.0 Å². The van der Waals surface area contributed by atoms with Crippen LogP contribution < -0.4 is 10.2 Å². The summed E-state index contributed by atoms with van der Waals surface area (Å²) in [5.41, 5.74) is 2.50. The summed E-state index contributed by atoms with van der Waals surface area (Å²) in [5.74, 6) is -1.15.